The van der Waals surface area contributed by atoms with Gasteiger partial charge in [-0.15, -0.1) is 0 Å². The summed E-state index contributed by atoms with van der Waals surface area (Å²) in [4.78, 5) is 17.8. The highest BCUT2D eigenvalue weighted by molar-refractivity contribution is 5.95. The average Bonchev–Trinajstić information content (AvgIpc) is 3.26. The monoisotopic (exact) mass is 348 g/mol. The Hall–Kier alpha value is -1.40. The Balaban J connectivity index is 1.77. The average molecular weight is 348 g/mol. The second kappa shape index (κ2) is 7.87. The minimum absolute atomic E-state index is 0.151. The van der Waals surface area contributed by atoms with Crippen LogP contribution in [0.15, 0.2) is 6.20 Å². The minimum Gasteiger partial charge on any atom is -0.379 e. The Morgan fingerprint density at radius 1 is 1.28 bits per heavy atom. The molecule has 2 atom stereocenters. The Morgan fingerprint density at radius 3 is 2.60 bits per heavy atom. The fourth-order valence-corrected chi connectivity index (χ4v) is 4.10. The highest BCUT2D eigenvalue weighted by atomic mass is 16.5. The van der Waals surface area contributed by atoms with E-state index in [1.54, 1.807) is 0 Å². The fraction of sp³-hybridized carbons (Fsp3) is 0.789. The van der Waals surface area contributed by atoms with E-state index in [1.807, 2.05) is 10.9 Å². The zero-order valence-corrected chi connectivity index (χ0v) is 16.1. The molecule has 25 heavy (non-hydrogen) atoms. The van der Waals surface area contributed by atoms with E-state index in [-0.39, 0.29) is 11.8 Å². The highest BCUT2D eigenvalue weighted by Crippen LogP contribution is 2.28. The topological polar surface area (TPSA) is 50.6 Å². The molecule has 2 aliphatic heterocycles. The van der Waals surface area contributed by atoms with Gasteiger partial charge in [0.1, 0.15) is 0 Å². The second-order valence-corrected chi connectivity index (χ2v) is 7.53. The van der Waals surface area contributed by atoms with E-state index in [4.69, 9.17) is 4.74 Å². The standard InChI is InChI=1S/C19H32N4O2/c1-5-15-11-22(13-17(15)21-7-9-25-10-8-21)19(24)16-12-23(6-2)20-18(16)14(3)4/h12,14-15,17H,5-11,13H2,1-4H3. The molecule has 0 saturated carbocycles. The van der Waals surface area contributed by atoms with Crippen molar-refractivity contribution in [1.29, 1.82) is 0 Å². The lowest BCUT2D eigenvalue weighted by Gasteiger charge is -2.34. The number of rotatable bonds is 5. The molecule has 6 heteroatoms. The van der Waals surface area contributed by atoms with Crippen molar-refractivity contribution in [1.82, 2.24) is 19.6 Å². The quantitative estimate of drug-likeness (QED) is 0.819. The normalized spacial score (nSPS) is 25.1. The third kappa shape index (κ3) is 3.75. The summed E-state index contributed by atoms with van der Waals surface area (Å²) in [7, 11) is 0. The maximum absolute atomic E-state index is 13.2. The van der Waals surface area contributed by atoms with Crippen LogP contribution < -0.4 is 0 Å². The minimum atomic E-state index is 0.151. The summed E-state index contributed by atoms with van der Waals surface area (Å²) in [5.74, 6) is 0.953. The molecule has 2 unspecified atom stereocenters. The van der Waals surface area contributed by atoms with Crippen LogP contribution in [-0.4, -0.2) is 70.9 Å². The van der Waals surface area contributed by atoms with Gasteiger partial charge in [0.15, 0.2) is 0 Å². The van der Waals surface area contributed by atoms with Gasteiger partial charge in [-0.3, -0.25) is 14.4 Å². The largest absolute Gasteiger partial charge is 0.379 e. The van der Waals surface area contributed by atoms with Gasteiger partial charge in [0, 0.05) is 45.0 Å². The maximum atomic E-state index is 13.2. The number of aromatic nitrogens is 2. The Kier molecular flexibility index (Phi) is 5.79. The Bertz CT molecular complexity index is 592. The van der Waals surface area contributed by atoms with Crippen molar-refractivity contribution in [3.63, 3.8) is 0 Å². The molecule has 3 heterocycles. The van der Waals surface area contributed by atoms with Crippen LogP contribution in [0.25, 0.3) is 0 Å². The molecule has 6 nitrogen and oxygen atoms in total. The fourth-order valence-electron chi connectivity index (χ4n) is 4.10. The van der Waals surface area contributed by atoms with Gasteiger partial charge >= 0.3 is 0 Å². The summed E-state index contributed by atoms with van der Waals surface area (Å²) in [6.45, 7) is 14.6. The van der Waals surface area contributed by atoms with E-state index in [1.165, 1.54) is 0 Å². The Morgan fingerprint density at radius 2 is 2.00 bits per heavy atom. The third-order valence-corrected chi connectivity index (χ3v) is 5.62. The van der Waals surface area contributed by atoms with Crippen LogP contribution in [0.3, 0.4) is 0 Å². The first-order valence-corrected chi connectivity index (χ1v) is 9.73. The number of amides is 1. The molecule has 0 spiro atoms. The van der Waals surface area contributed by atoms with Crippen molar-refractivity contribution >= 4 is 5.91 Å². The lowest BCUT2D eigenvalue weighted by atomic mass is 9.99. The number of hydrogen-bond acceptors (Lipinski definition) is 4. The van der Waals surface area contributed by atoms with Crippen LogP contribution in [0.2, 0.25) is 0 Å². The predicted molar refractivity (Wildman–Crippen MR) is 97.9 cm³/mol. The lowest BCUT2D eigenvalue weighted by molar-refractivity contribution is 0.0103. The predicted octanol–water partition coefficient (Wildman–Crippen LogP) is 2.21. The van der Waals surface area contributed by atoms with Gasteiger partial charge in [-0.2, -0.15) is 5.10 Å². The van der Waals surface area contributed by atoms with Crippen LogP contribution in [0.1, 0.15) is 56.1 Å². The second-order valence-electron chi connectivity index (χ2n) is 7.53. The molecule has 0 radical (unpaired) electrons. The van der Waals surface area contributed by atoms with Gasteiger partial charge in [-0.1, -0.05) is 27.2 Å². The molecule has 0 bridgehead atoms. The molecule has 140 valence electrons. The number of hydrogen-bond donors (Lipinski definition) is 0. The van der Waals surface area contributed by atoms with E-state index in [0.717, 1.165) is 63.6 Å². The van der Waals surface area contributed by atoms with E-state index in [2.05, 4.69) is 42.6 Å². The number of carbonyl (C=O) groups is 1. The summed E-state index contributed by atoms with van der Waals surface area (Å²) in [5.41, 5.74) is 1.71. The van der Waals surface area contributed by atoms with E-state index >= 15 is 0 Å². The van der Waals surface area contributed by atoms with Gasteiger partial charge in [-0.25, -0.2) is 0 Å². The van der Waals surface area contributed by atoms with Crippen molar-refractivity contribution in [2.75, 3.05) is 39.4 Å². The highest BCUT2D eigenvalue weighted by Gasteiger charge is 2.39. The number of ether oxygens (including phenoxy) is 1. The summed E-state index contributed by atoms with van der Waals surface area (Å²) in [5, 5.41) is 4.61. The van der Waals surface area contributed by atoms with Crippen molar-refractivity contribution in [2.45, 2.75) is 52.6 Å². The SMILES string of the molecule is CCC1CN(C(=O)c2cn(CC)nc2C(C)C)CC1N1CCOCC1. The van der Waals surface area contributed by atoms with Crippen molar-refractivity contribution in [3.05, 3.63) is 17.5 Å². The van der Waals surface area contributed by atoms with Crippen LogP contribution >= 0.6 is 0 Å². The zero-order valence-electron chi connectivity index (χ0n) is 16.1. The summed E-state index contributed by atoms with van der Waals surface area (Å²) < 4.78 is 7.38. The molecule has 1 aromatic heterocycles. The first-order valence-electron chi connectivity index (χ1n) is 9.73. The molecule has 0 aliphatic carbocycles. The van der Waals surface area contributed by atoms with Crippen LogP contribution in [0.5, 0.6) is 0 Å². The molecular weight excluding hydrogens is 316 g/mol. The first-order chi connectivity index (χ1) is 12.0. The third-order valence-electron chi connectivity index (χ3n) is 5.62. The van der Waals surface area contributed by atoms with Crippen LogP contribution in [0, 0.1) is 5.92 Å². The van der Waals surface area contributed by atoms with Gasteiger partial charge < -0.3 is 9.64 Å². The smallest absolute Gasteiger partial charge is 0.257 e. The number of likely N-dealkylation sites (tertiary alicyclic amines) is 1. The molecule has 1 aromatic rings. The molecular formula is C19H32N4O2. The molecule has 2 fully saturated rings. The molecule has 0 aromatic carbocycles. The van der Waals surface area contributed by atoms with Gasteiger partial charge in [-0.05, 0) is 18.8 Å². The number of nitrogens with zero attached hydrogens (tertiary/aromatic N) is 4. The van der Waals surface area contributed by atoms with Gasteiger partial charge in [0.05, 0.1) is 24.5 Å². The number of morpholine rings is 1. The molecule has 3 rings (SSSR count). The van der Waals surface area contributed by atoms with Crippen molar-refractivity contribution < 1.29 is 9.53 Å². The zero-order chi connectivity index (χ0) is 18.0. The van der Waals surface area contributed by atoms with Gasteiger partial charge in [0.2, 0.25) is 0 Å². The lowest BCUT2D eigenvalue weighted by Crippen LogP contribution is -2.47. The van der Waals surface area contributed by atoms with Gasteiger partial charge in [0.25, 0.3) is 5.91 Å². The van der Waals surface area contributed by atoms with E-state index in [9.17, 15) is 4.79 Å². The number of aryl methyl sites for hydroxylation is 1. The molecule has 0 N–H and O–H groups in total. The van der Waals surface area contributed by atoms with Crippen molar-refractivity contribution in [3.8, 4) is 0 Å². The summed E-state index contributed by atoms with van der Waals surface area (Å²) >= 11 is 0. The van der Waals surface area contributed by atoms with Crippen LogP contribution in [-0.2, 0) is 11.3 Å². The van der Waals surface area contributed by atoms with E-state index < -0.39 is 0 Å². The van der Waals surface area contributed by atoms with Crippen LogP contribution in [0.4, 0.5) is 0 Å². The first kappa shape index (κ1) is 18.4. The summed E-state index contributed by atoms with van der Waals surface area (Å²) in [6.07, 6.45) is 3.04. The Labute approximate surface area is 151 Å². The molecule has 2 aliphatic rings. The number of carbonyl (C=O) groups excluding carboxylic acids is 1. The summed E-state index contributed by atoms with van der Waals surface area (Å²) in [6, 6.07) is 0.460. The molecule has 1 amide bonds. The van der Waals surface area contributed by atoms with Crippen molar-refractivity contribution in [2.24, 2.45) is 5.92 Å². The maximum Gasteiger partial charge on any atom is 0.257 e. The molecule has 2 saturated heterocycles. The van der Waals surface area contributed by atoms with E-state index in [0.29, 0.717) is 12.0 Å².